The first-order chi connectivity index (χ1) is 12.0. The quantitative estimate of drug-likeness (QED) is 0.902. The van der Waals surface area contributed by atoms with Crippen molar-refractivity contribution in [2.45, 2.75) is 39.3 Å². The molecule has 1 aliphatic heterocycles. The van der Waals surface area contributed by atoms with Gasteiger partial charge in [-0.3, -0.25) is 4.79 Å². The first-order valence-corrected chi connectivity index (χ1v) is 8.70. The van der Waals surface area contributed by atoms with Gasteiger partial charge in [0.2, 0.25) is 5.91 Å². The van der Waals surface area contributed by atoms with E-state index in [4.69, 9.17) is 0 Å². The highest BCUT2D eigenvalue weighted by Gasteiger charge is 2.23. The molecular weight excluding hydrogens is 321 g/mol. The molecule has 0 atom stereocenters. The molecule has 3 rings (SSSR count). The molecule has 1 saturated heterocycles. The Morgan fingerprint density at radius 3 is 2.72 bits per heavy atom. The molecule has 0 saturated carbocycles. The van der Waals surface area contributed by atoms with Crippen molar-refractivity contribution < 1.29 is 9.18 Å². The lowest BCUT2D eigenvalue weighted by Crippen LogP contribution is -2.45. The Balaban J connectivity index is 1.51. The molecule has 1 aromatic carbocycles. The summed E-state index contributed by atoms with van der Waals surface area (Å²) in [5.41, 5.74) is 1.28. The van der Waals surface area contributed by atoms with Crippen LogP contribution in [0.4, 0.5) is 4.39 Å². The van der Waals surface area contributed by atoms with Crippen LogP contribution in [0, 0.1) is 11.7 Å². The van der Waals surface area contributed by atoms with Gasteiger partial charge < -0.3 is 10.2 Å². The molecule has 1 N–H and O–H groups in total. The highest BCUT2D eigenvalue weighted by Crippen LogP contribution is 2.16. The Morgan fingerprint density at radius 1 is 1.36 bits per heavy atom. The third-order valence-electron chi connectivity index (χ3n) is 4.57. The van der Waals surface area contributed by atoms with Crippen molar-refractivity contribution in [3.63, 3.8) is 0 Å². The lowest BCUT2D eigenvalue weighted by Gasteiger charge is -2.33. The molecule has 1 aliphatic rings. The lowest BCUT2D eigenvalue weighted by molar-refractivity contribution is -0.135. The highest BCUT2D eigenvalue weighted by atomic mass is 19.1. The number of nitrogens with one attached hydrogen (secondary N) is 1. The van der Waals surface area contributed by atoms with Crippen LogP contribution >= 0.6 is 0 Å². The molecule has 0 spiro atoms. The fraction of sp³-hybridized carbons (Fsp3) is 0.500. The molecule has 0 bridgehead atoms. The number of hydrogen-bond acceptors (Lipinski definition) is 4. The number of nitrogens with zero attached hydrogens (tertiary/aromatic N) is 4. The van der Waals surface area contributed by atoms with E-state index in [1.165, 1.54) is 23.4 Å². The molecule has 0 aliphatic carbocycles. The van der Waals surface area contributed by atoms with Crippen LogP contribution < -0.4 is 5.32 Å². The van der Waals surface area contributed by atoms with Crippen molar-refractivity contribution >= 4 is 5.91 Å². The second-order valence-electron chi connectivity index (χ2n) is 6.76. The lowest BCUT2D eigenvalue weighted by atomic mass is 10.0. The van der Waals surface area contributed by atoms with Crippen LogP contribution in [-0.2, 0) is 11.3 Å². The van der Waals surface area contributed by atoms with Crippen LogP contribution in [0.2, 0.25) is 0 Å². The number of carbonyl (C=O) groups is 1. The van der Waals surface area contributed by atoms with Crippen LogP contribution in [0.1, 0.15) is 32.3 Å². The van der Waals surface area contributed by atoms with E-state index < -0.39 is 0 Å². The first-order valence-electron chi connectivity index (χ1n) is 8.70. The normalized spacial score (nSPS) is 15.8. The Kier molecular flexibility index (Phi) is 5.43. The number of piperidine rings is 1. The van der Waals surface area contributed by atoms with E-state index in [0.29, 0.717) is 18.3 Å². The van der Waals surface area contributed by atoms with E-state index in [0.717, 1.165) is 31.5 Å². The Hall–Kier alpha value is -2.28. The van der Waals surface area contributed by atoms with Crippen molar-refractivity contribution in [1.29, 1.82) is 0 Å². The van der Waals surface area contributed by atoms with Crippen LogP contribution in [0.3, 0.4) is 0 Å². The summed E-state index contributed by atoms with van der Waals surface area (Å²) in [7, 11) is 0. The number of hydrogen-bond donors (Lipinski definition) is 1. The standard InChI is InChI=1S/C18H24FN5O/c1-13(2)18(25)23-7-5-15(6-8-23)21-10-14-3-4-17(16(19)9-14)24-12-20-11-22-24/h3-4,9,11-13,15,21H,5-8,10H2,1-2H3. The van der Waals surface area contributed by atoms with Gasteiger partial charge in [0.15, 0.2) is 0 Å². The predicted molar refractivity (Wildman–Crippen MR) is 92.6 cm³/mol. The number of amides is 1. The van der Waals surface area contributed by atoms with Crippen LogP contribution in [0.15, 0.2) is 30.9 Å². The van der Waals surface area contributed by atoms with Crippen molar-refractivity contribution in [2.24, 2.45) is 5.92 Å². The van der Waals surface area contributed by atoms with E-state index in [9.17, 15) is 9.18 Å². The fourth-order valence-corrected chi connectivity index (χ4v) is 3.11. The summed E-state index contributed by atoms with van der Waals surface area (Å²) in [5.74, 6) is -0.0395. The summed E-state index contributed by atoms with van der Waals surface area (Å²) in [6.07, 6.45) is 4.71. The highest BCUT2D eigenvalue weighted by molar-refractivity contribution is 5.78. The molecule has 2 heterocycles. The number of rotatable bonds is 5. The van der Waals surface area contributed by atoms with E-state index in [2.05, 4.69) is 15.4 Å². The summed E-state index contributed by atoms with van der Waals surface area (Å²) < 4.78 is 15.6. The molecule has 1 amide bonds. The van der Waals surface area contributed by atoms with Crippen molar-refractivity contribution in [2.75, 3.05) is 13.1 Å². The molecule has 134 valence electrons. The minimum atomic E-state index is -0.317. The van der Waals surface area contributed by atoms with Gasteiger partial charge >= 0.3 is 0 Å². The average molecular weight is 345 g/mol. The smallest absolute Gasteiger partial charge is 0.225 e. The summed E-state index contributed by atoms with van der Waals surface area (Å²) in [5, 5.41) is 7.42. The minimum Gasteiger partial charge on any atom is -0.342 e. The maximum atomic E-state index is 14.2. The van der Waals surface area contributed by atoms with E-state index in [1.54, 1.807) is 6.07 Å². The predicted octanol–water partition coefficient (Wildman–Crippen LogP) is 2.14. The zero-order valence-corrected chi connectivity index (χ0v) is 14.7. The van der Waals surface area contributed by atoms with Gasteiger partial charge in [0.05, 0.1) is 0 Å². The van der Waals surface area contributed by atoms with Gasteiger partial charge in [-0.05, 0) is 30.5 Å². The largest absolute Gasteiger partial charge is 0.342 e. The molecule has 0 unspecified atom stereocenters. The maximum absolute atomic E-state index is 14.2. The van der Waals surface area contributed by atoms with E-state index >= 15 is 0 Å². The maximum Gasteiger partial charge on any atom is 0.225 e. The van der Waals surface area contributed by atoms with E-state index in [1.807, 2.05) is 24.8 Å². The van der Waals surface area contributed by atoms with Crippen molar-refractivity contribution in [3.05, 3.63) is 42.2 Å². The Morgan fingerprint density at radius 2 is 2.12 bits per heavy atom. The van der Waals surface area contributed by atoms with Gasteiger partial charge in [0.25, 0.3) is 0 Å². The second-order valence-corrected chi connectivity index (χ2v) is 6.76. The monoisotopic (exact) mass is 345 g/mol. The van der Waals surface area contributed by atoms with E-state index in [-0.39, 0.29) is 17.6 Å². The molecule has 1 aromatic heterocycles. The minimum absolute atomic E-state index is 0.0518. The summed E-state index contributed by atoms with van der Waals surface area (Å²) >= 11 is 0. The van der Waals surface area contributed by atoms with Gasteiger partial charge in [0.1, 0.15) is 24.2 Å². The molecule has 2 aromatic rings. The SMILES string of the molecule is CC(C)C(=O)N1CCC(NCc2ccc(-n3cncn3)c(F)c2)CC1. The van der Waals surface area contributed by atoms with Gasteiger partial charge in [-0.1, -0.05) is 19.9 Å². The zero-order valence-electron chi connectivity index (χ0n) is 14.7. The summed E-state index contributed by atoms with van der Waals surface area (Å²) in [6, 6.07) is 5.49. The summed E-state index contributed by atoms with van der Waals surface area (Å²) in [6.45, 7) is 6.05. The third kappa shape index (κ3) is 4.22. The fourth-order valence-electron chi connectivity index (χ4n) is 3.11. The van der Waals surface area contributed by atoms with Crippen LogP contribution in [0.25, 0.3) is 5.69 Å². The van der Waals surface area contributed by atoms with Gasteiger partial charge in [-0.15, -0.1) is 0 Å². The number of aromatic nitrogens is 3. The van der Waals surface area contributed by atoms with Crippen LogP contribution in [-0.4, -0.2) is 44.7 Å². The average Bonchev–Trinajstić information content (AvgIpc) is 3.14. The topological polar surface area (TPSA) is 63.1 Å². The van der Waals surface area contributed by atoms with Crippen molar-refractivity contribution in [1.82, 2.24) is 25.0 Å². The van der Waals surface area contributed by atoms with Gasteiger partial charge in [-0.25, -0.2) is 14.1 Å². The second kappa shape index (κ2) is 7.74. The molecular formula is C18H24FN5O. The van der Waals surface area contributed by atoms with Crippen LogP contribution in [0.5, 0.6) is 0 Å². The number of carbonyl (C=O) groups excluding carboxylic acids is 1. The molecule has 1 fully saturated rings. The molecule has 25 heavy (non-hydrogen) atoms. The summed E-state index contributed by atoms with van der Waals surface area (Å²) in [4.78, 5) is 17.8. The zero-order chi connectivity index (χ0) is 17.8. The van der Waals surface area contributed by atoms with Crippen molar-refractivity contribution in [3.8, 4) is 5.69 Å². The molecule has 7 heteroatoms. The number of halogens is 1. The van der Waals surface area contributed by atoms with Gasteiger partial charge in [0, 0.05) is 31.6 Å². The number of benzene rings is 1. The van der Waals surface area contributed by atoms with Gasteiger partial charge in [-0.2, -0.15) is 5.10 Å². The Labute approximate surface area is 147 Å². The molecule has 6 nitrogen and oxygen atoms in total. The third-order valence-corrected chi connectivity index (χ3v) is 4.57. The molecule has 0 radical (unpaired) electrons. The number of likely N-dealkylation sites (tertiary alicyclic amines) is 1. The first kappa shape index (κ1) is 17.5. The Bertz CT molecular complexity index is 708.